The fraction of sp³-hybridized carbons (Fsp3) is 0.619. The molecule has 1 aliphatic carbocycles. The van der Waals surface area contributed by atoms with E-state index in [1.165, 1.54) is 12.1 Å². The lowest BCUT2D eigenvalue weighted by Gasteiger charge is -2.35. The maximum absolute atomic E-state index is 12.8. The molecule has 0 spiro atoms. The molecule has 1 aromatic carbocycles. The Labute approximate surface area is 163 Å². The van der Waals surface area contributed by atoms with Crippen LogP contribution in [-0.4, -0.2) is 29.8 Å². The molecule has 1 N–H and O–H groups in total. The first-order valence-corrected chi connectivity index (χ1v) is 10.0. The van der Waals surface area contributed by atoms with Crippen molar-refractivity contribution in [1.82, 2.24) is 4.90 Å². The number of halogens is 3. The smallest absolute Gasteiger partial charge is 0.342 e. The molecule has 2 aliphatic rings. The van der Waals surface area contributed by atoms with E-state index in [4.69, 9.17) is 0 Å². The highest BCUT2D eigenvalue weighted by Gasteiger charge is 2.34. The van der Waals surface area contributed by atoms with E-state index in [0.717, 1.165) is 38.1 Å². The number of anilines is 1. The molecule has 2 fully saturated rings. The summed E-state index contributed by atoms with van der Waals surface area (Å²) < 4.78 is 38.4. The molecule has 1 saturated carbocycles. The predicted octanol–water partition coefficient (Wildman–Crippen LogP) is 4.71. The molecule has 1 saturated heterocycles. The largest absolute Gasteiger partial charge is 0.416 e. The molecular formula is C21H27F3N2O2. The second-order valence-corrected chi connectivity index (χ2v) is 8.12. The first kappa shape index (κ1) is 20.7. The van der Waals surface area contributed by atoms with Crippen LogP contribution in [0.15, 0.2) is 24.3 Å². The Balaban J connectivity index is 1.51. The number of nitrogens with zero attached hydrogens (tertiary/aromatic N) is 1. The summed E-state index contributed by atoms with van der Waals surface area (Å²) >= 11 is 0. The van der Waals surface area contributed by atoms with Gasteiger partial charge in [0.25, 0.3) is 0 Å². The van der Waals surface area contributed by atoms with E-state index >= 15 is 0 Å². The number of alkyl halides is 3. The Bertz CT molecular complexity index is 704. The van der Waals surface area contributed by atoms with Gasteiger partial charge in [0.1, 0.15) is 0 Å². The molecule has 7 heteroatoms. The first-order valence-electron chi connectivity index (χ1n) is 10.0. The average Bonchev–Trinajstić information content (AvgIpc) is 2.68. The van der Waals surface area contributed by atoms with Crippen molar-refractivity contribution in [2.75, 3.05) is 18.4 Å². The van der Waals surface area contributed by atoms with E-state index in [-0.39, 0.29) is 29.3 Å². The van der Waals surface area contributed by atoms with Gasteiger partial charge in [0.05, 0.1) is 5.56 Å². The van der Waals surface area contributed by atoms with E-state index in [1.807, 2.05) is 4.90 Å². The fourth-order valence-corrected chi connectivity index (χ4v) is 4.11. The average molecular weight is 396 g/mol. The lowest BCUT2D eigenvalue weighted by atomic mass is 9.80. The van der Waals surface area contributed by atoms with E-state index in [0.29, 0.717) is 31.6 Å². The van der Waals surface area contributed by atoms with Gasteiger partial charge in [0, 0.05) is 30.6 Å². The van der Waals surface area contributed by atoms with Crippen LogP contribution < -0.4 is 5.32 Å². The van der Waals surface area contributed by atoms with Crippen LogP contribution in [0.3, 0.4) is 0 Å². The van der Waals surface area contributed by atoms with Crippen LogP contribution in [0.2, 0.25) is 0 Å². The molecule has 1 aliphatic heterocycles. The Morgan fingerprint density at radius 2 is 1.61 bits per heavy atom. The summed E-state index contributed by atoms with van der Waals surface area (Å²) in [7, 11) is 0. The number of nitrogens with one attached hydrogen (secondary N) is 1. The van der Waals surface area contributed by atoms with Crippen LogP contribution >= 0.6 is 0 Å². The number of piperidine rings is 1. The van der Waals surface area contributed by atoms with E-state index in [1.54, 1.807) is 0 Å². The van der Waals surface area contributed by atoms with Crippen molar-refractivity contribution < 1.29 is 22.8 Å². The van der Waals surface area contributed by atoms with Gasteiger partial charge in [-0.25, -0.2) is 0 Å². The topological polar surface area (TPSA) is 49.4 Å². The number of hydrogen-bond donors (Lipinski definition) is 1. The van der Waals surface area contributed by atoms with Crippen LogP contribution in [0, 0.1) is 17.8 Å². The van der Waals surface area contributed by atoms with Gasteiger partial charge in [0.15, 0.2) is 0 Å². The van der Waals surface area contributed by atoms with Crippen molar-refractivity contribution in [3.63, 3.8) is 0 Å². The number of benzene rings is 1. The van der Waals surface area contributed by atoms with Crippen molar-refractivity contribution in [1.29, 1.82) is 0 Å². The number of amides is 2. The number of hydrogen-bond acceptors (Lipinski definition) is 2. The van der Waals surface area contributed by atoms with Gasteiger partial charge in [-0.15, -0.1) is 0 Å². The molecule has 0 aromatic heterocycles. The molecule has 154 valence electrons. The van der Waals surface area contributed by atoms with Crippen molar-refractivity contribution >= 4 is 17.5 Å². The van der Waals surface area contributed by atoms with Crippen LogP contribution in [0.5, 0.6) is 0 Å². The summed E-state index contributed by atoms with van der Waals surface area (Å²) in [6.45, 7) is 3.84. The standard InChI is InChI=1S/C21H27F3N2O2/c1-14-9-11-26(12-10-14)20(28)16-7-5-15(6-8-16)19(27)25-18-4-2-3-17(13-18)21(22,23)24/h2-4,13-16H,5-12H2,1H3,(H,25,27). The van der Waals surface area contributed by atoms with Crippen LogP contribution in [-0.2, 0) is 15.8 Å². The molecule has 0 atom stereocenters. The molecule has 0 unspecified atom stereocenters. The Morgan fingerprint density at radius 1 is 1.00 bits per heavy atom. The van der Waals surface area contributed by atoms with Gasteiger partial charge in [-0.05, 0) is 62.6 Å². The molecule has 3 rings (SSSR count). The summed E-state index contributed by atoms with van der Waals surface area (Å²) in [5.41, 5.74) is -0.629. The van der Waals surface area contributed by atoms with Gasteiger partial charge < -0.3 is 10.2 Å². The fourth-order valence-electron chi connectivity index (χ4n) is 4.11. The van der Waals surface area contributed by atoms with Crippen molar-refractivity contribution in [3.8, 4) is 0 Å². The van der Waals surface area contributed by atoms with Gasteiger partial charge >= 0.3 is 6.18 Å². The van der Waals surface area contributed by atoms with E-state index < -0.39 is 11.7 Å². The number of rotatable bonds is 3. The monoisotopic (exact) mass is 396 g/mol. The number of carbonyl (C=O) groups excluding carboxylic acids is 2. The van der Waals surface area contributed by atoms with Crippen LogP contribution in [0.25, 0.3) is 0 Å². The molecule has 0 bridgehead atoms. The summed E-state index contributed by atoms with van der Waals surface area (Å²) in [6.07, 6.45) is 0.139. The summed E-state index contributed by atoms with van der Waals surface area (Å²) in [6, 6.07) is 4.67. The van der Waals surface area contributed by atoms with Gasteiger partial charge in [-0.3, -0.25) is 9.59 Å². The quantitative estimate of drug-likeness (QED) is 0.805. The van der Waals surface area contributed by atoms with Crippen molar-refractivity contribution in [2.45, 2.75) is 51.6 Å². The minimum atomic E-state index is -4.44. The normalized spacial score (nSPS) is 24.1. The van der Waals surface area contributed by atoms with Gasteiger partial charge in [0.2, 0.25) is 11.8 Å². The molecule has 2 amide bonds. The van der Waals surface area contributed by atoms with Gasteiger partial charge in [-0.2, -0.15) is 13.2 Å². The molecule has 1 heterocycles. The lowest BCUT2D eigenvalue weighted by Crippen LogP contribution is -2.42. The lowest BCUT2D eigenvalue weighted by molar-refractivity contribution is -0.139. The third kappa shape index (κ3) is 5.06. The number of likely N-dealkylation sites (tertiary alicyclic amines) is 1. The van der Waals surface area contributed by atoms with Crippen LogP contribution in [0.1, 0.15) is 51.0 Å². The number of carbonyl (C=O) groups is 2. The SMILES string of the molecule is CC1CCN(C(=O)C2CCC(C(=O)Nc3cccc(C(F)(F)F)c3)CC2)CC1. The minimum absolute atomic E-state index is 0.0361. The maximum atomic E-state index is 12.8. The van der Waals surface area contributed by atoms with Gasteiger partial charge in [-0.1, -0.05) is 13.0 Å². The third-order valence-electron chi connectivity index (χ3n) is 6.00. The zero-order valence-corrected chi connectivity index (χ0v) is 16.1. The highest BCUT2D eigenvalue weighted by atomic mass is 19.4. The molecule has 1 aromatic rings. The molecule has 0 radical (unpaired) electrons. The first-order chi connectivity index (χ1) is 13.2. The molecule has 28 heavy (non-hydrogen) atoms. The third-order valence-corrected chi connectivity index (χ3v) is 6.00. The zero-order valence-electron chi connectivity index (χ0n) is 16.1. The van der Waals surface area contributed by atoms with Crippen LogP contribution in [0.4, 0.5) is 18.9 Å². The zero-order chi connectivity index (χ0) is 20.3. The summed E-state index contributed by atoms with van der Waals surface area (Å²) in [5.74, 6) is 0.297. The van der Waals surface area contributed by atoms with E-state index in [2.05, 4.69) is 12.2 Å². The molecular weight excluding hydrogens is 369 g/mol. The Morgan fingerprint density at radius 3 is 2.21 bits per heavy atom. The predicted molar refractivity (Wildman–Crippen MR) is 100 cm³/mol. The maximum Gasteiger partial charge on any atom is 0.416 e. The highest BCUT2D eigenvalue weighted by Crippen LogP contribution is 2.33. The summed E-state index contributed by atoms with van der Waals surface area (Å²) in [4.78, 5) is 27.1. The van der Waals surface area contributed by atoms with Crippen molar-refractivity contribution in [2.24, 2.45) is 17.8 Å². The second kappa shape index (κ2) is 8.53. The minimum Gasteiger partial charge on any atom is -0.342 e. The summed E-state index contributed by atoms with van der Waals surface area (Å²) in [5, 5.41) is 2.60. The van der Waals surface area contributed by atoms with E-state index in [9.17, 15) is 22.8 Å². The highest BCUT2D eigenvalue weighted by molar-refractivity contribution is 5.92. The Hall–Kier alpha value is -2.05. The second-order valence-electron chi connectivity index (χ2n) is 8.12. The molecule has 4 nitrogen and oxygen atoms in total. The van der Waals surface area contributed by atoms with Crippen molar-refractivity contribution in [3.05, 3.63) is 29.8 Å². The Kier molecular flexibility index (Phi) is 6.30.